The summed E-state index contributed by atoms with van der Waals surface area (Å²) in [6.45, 7) is 2.74. The van der Waals surface area contributed by atoms with Gasteiger partial charge in [-0.1, -0.05) is 18.2 Å². The lowest BCUT2D eigenvalue weighted by Gasteiger charge is -2.21. The molecule has 0 saturated carbocycles. The van der Waals surface area contributed by atoms with Gasteiger partial charge in [0.2, 0.25) is 0 Å². The minimum Gasteiger partial charge on any atom is -0.481 e. The maximum absolute atomic E-state index is 12.3. The van der Waals surface area contributed by atoms with Crippen LogP contribution in [0, 0.1) is 5.41 Å². The molecule has 1 aliphatic rings. The van der Waals surface area contributed by atoms with E-state index in [0.29, 0.717) is 19.5 Å². The zero-order chi connectivity index (χ0) is 17.2. The van der Waals surface area contributed by atoms with Crippen molar-refractivity contribution < 1.29 is 14.7 Å². The van der Waals surface area contributed by atoms with Crippen LogP contribution in [-0.4, -0.2) is 44.6 Å². The molecule has 1 fully saturated rings. The van der Waals surface area contributed by atoms with Gasteiger partial charge in [0.15, 0.2) is 0 Å². The fourth-order valence-electron chi connectivity index (χ4n) is 2.91. The molecule has 2 heterocycles. The first-order valence-electron chi connectivity index (χ1n) is 7.82. The first-order valence-corrected chi connectivity index (χ1v) is 7.82. The predicted molar refractivity (Wildman–Crippen MR) is 87.7 cm³/mol. The first kappa shape index (κ1) is 16.0. The lowest BCUT2D eigenvalue weighted by atomic mass is 9.90. The highest BCUT2D eigenvalue weighted by molar-refractivity contribution is 5.79. The normalized spacial score (nSPS) is 20.1. The van der Waals surface area contributed by atoms with Gasteiger partial charge < -0.3 is 19.9 Å². The molecule has 1 aromatic heterocycles. The molecule has 0 radical (unpaired) electrons. The topological polar surface area (TPSA) is 87.5 Å². The molecule has 7 heteroatoms. The van der Waals surface area contributed by atoms with E-state index in [1.807, 2.05) is 35.0 Å². The number of benzene rings is 1. The molecule has 2 aromatic rings. The van der Waals surface area contributed by atoms with Crippen molar-refractivity contribution in [2.45, 2.75) is 19.9 Å². The monoisotopic (exact) mass is 328 g/mol. The van der Waals surface area contributed by atoms with Crippen LogP contribution in [0.5, 0.6) is 0 Å². The van der Waals surface area contributed by atoms with Crippen LogP contribution in [0.1, 0.15) is 18.9 Å². The highest BCUT2D eigenvalue weighted by atomic mass is 16.4. The summed E-state index contributed by atoms with van der Waals surface area (Å²) >= 11 is 0. The van der Waals surface area contributed by atoms with Gasteiger partial charge in [0, 0.05) is 32.0 Å². The van der Waals surface area contributed by atoms with E-state index in [1.165, 1.54) is 0 Å². The number of aliphatic carboxylic acids is 1. The molecule has 126 valence electrons. The van der Waals surface area contributed by atoms with Crippen LogP contribution in [0.25, 0.3) is 5.69 Å². The van der Waals surface area contributed by atoms with Crippen LogP contribution < -0.4 is 5.32 Å². The minimum absolute atomic E-state index is 0.233. The second-order valence-corrected chi connectivity index (χ2v) is 6.29. The molecule has 2 amide bonds. The number of nitrogens with one attached hydrogen (secondary N) is 1. The molecule has 24 heavy (non-hydrogen) atoms. The Morgan fingerprint density at radius 1 is 1.38 bits per heavy atom. The summed E-state index contributed by atoms with van der Waals surface area (Å²) in [6.07, 6.45) is 5.73. The Kier molecular flexibility index (Phi) is 4.24. The quantitative estimate of drug-likeness (QED) is 0.897. The molecule has 1 aromatic carbocycles. The third-order valence-electron chi connectivity index (χ3n) is 4.48. The number of carboxylic acid groups (broad SMARTS) is 1. The number of carbonyl (C=O) groups is 2. The number of nitrogens with zero attached hydrogens (tertiary/aromatic N) is 3. The summed E-state index contributed by atoms with van der Waals surface area (Å²) in [7, 11) is 0. The summed E-state index contributed by atoms with van der Waals surface area (Å²) in [6, 6.07) is 7.51. The largest absolute Gasteiger partial charge is 0.481 e. The number of rotatable bonds is 4. The van der Waals surface area contributed by atoms with E-state index < -0.39 is 11.4 Å². The highest BCUT2D eigenvalue weighted by Gasteiger charge is 2.42. The number of imidazole rings is 1. The van der Waals surface area contributed by atoms with E-state index in [9.17, 15) is 14.7 Å². The van der Waals surface area contributed by atoms with Crippen LogP contribution in [-0.2, 0) is 11.3 Å². The zero-order valence-corrected chi connectivity index (χ0v) is 13.5. The molecule has 2 N–H and O–H groups in total. The lowest BCUT2D eigenvalue weighted by Crippen LogP contribution is -2.40. The van der Waals surface area contributed by atoms with Crippen LogP contribution in [0.2, 0.25) is 0 Å². The summed E-state index contributed by atoms with van der Waals surface area (Å²) in [5, 5.41) is 12.1. The zero-order valence-electron chi connectivity index (χ0n) is 13.5. The molecule has 1 atom stereocenters. The van der Waals surface area contributed by atoms with Crippen molar-refractivity contribution in [3.63, 3.8) is 0 Å². The summed E-state index contributed by atoms with van der Waals surface area (Å²) < 4.78 is 1.89. The third-order valence-corrected chi connectivity index (χ3v) is 4.48. The van der Waals surface area contributed by atoms with Crippen LogP contribution in [0.4, 0.5) is 4.79 Å². The Morgan fingerprint density at radius 3 is 2.83 bits per heavy atom. The molecule has 0 aliphatic carbocycles. The average Bonchev–Trinajstić information content (AvgIpc) is 3.23. The van der Waals surface area contributed by atoms with Crippen molar-refractivity contribution in [1.82, 2.24) is 19.8 Å². The fraction of sp³-hybridized carbons (Fsp3) is 0.353. The van der Waals surface area contributed by atoms with Gasteiger partial charge in [-0.05, 0) is 25.0 Å². The molecule has 0 spiro atoms. The van der Waals surface area contributed by atoms with Crippen LogP contribution in [0.15, 0.2) is 43.0 Å². The molecular formula is C17H20N4O3. The van der Waals surface area contributed by atoms with Gasteiger partial charge in [-0.2, -0.15) is 0 Å². The van der Waals surface area contributed by atoms with Crippen molar-refractivity contribution in [3.05, 3.63) is 48.5 Å². The Hall–Kier alpha value is -2.83. The summed E-state index contributed by atoms with van der Waals surface area (Å²) in [4.78, 5) is 29.2. The molecule has 0 bridgehead atoms. The van der Waals surface area contributed by atoms with Gasteiger partial charge in [-0.15, -0.1) is 0 Å². The number of hydrogen-bond donors (Lipinski definition) is 2. The van der Waals surface area contributed by atoms with Crippen molar-refractivity contribution >= 4 is 12.0 Å². The van der Waals surface area contributed by atoms with Gasteiger partial charge in [0.1, 0.15) is 0 Å². The van der Waals surface area contributed by atoms with Gasteiger partial charge >= 0.3 is 12.0 Å². The molecule has 3 rings (SSSR count). The van der Waals surface area contributed by atoms with E-state index in [1.54, 1.807) is 24.3 Å². The Morgan fingerprint density at radius 2 is 2.17 bits per heavy atom. The van der Waals surface area contributed by atoms with Crippen molar-refractivity contribution in [3.8, 4) is 5.69 Å². The van der Waals surface area contributed by atoms with E-state index in [0.717, 1.165) is 11.3 Å². The molecular weight excluding hydrogens is 308 g/mol. The SMILES string of the molecule is CC1(C(=O)O)CCN(C(=O)NCc2ccccc2-n2ccnc2)C1. The van der Waals surface area contributed by atoms with Gasteiger partial charge in [0.25, 0.3) is 0 Å². The van der Waals surface area contributed by atoms with Crippen LogP contribution >= 0.6 is 0 Å². The van der Waals surface area contributed by atoms with Crippen LogP contribution in [0.3, 0.4) is 0 Å². The second-order valence-electron chi connectivity index (χ2n) is 6.29. The number of amides is 2. The van der Waals surface area contributed by atoms with Gasteiger partial charge in [-0.25, -0.2) is 9.78 Å². The number of aromatic nitrogens is 2. The molecule has 1 aliphatic heterocycles. The van der Waals surface area contributed by atoms with Crippen molar-refractivity contribution in [1.29, 1.82) is 0 Å². The number of carboxylic acids is 1. The van der Waals surface area contributed by atoms with E-state index >= 15 is 0 Å². The Balaban J connectivity index is 1.65. The third kappa shape index (κ3) is 3.10. The average molecular weight is 328 g/mol. The molecule has 1 saturated heterocycles. The molecule has 1 unspecified atom stereocenters. The second kappa shape index (κ2) is 6.35. The first-order chi connectivity index (χ1) is 11.5. The highest BCUT2D eigenvalue weighted by Crippen LogP contribution is 2.30. The fourth-order valence-corrected chi connectivity index (χ4v) is 2.91. The van der Waals surface area contributed by atoms with Gasteiger partial charge in [-0.3, -0.25) is 4.79 Å². The summed E-state index contributed by atoms with van der Waals surface area (Å²) in [5.41, 5.74) is 1.06. The maximum Gasteiger partial charge on any atom is 0.317 e. The number of carbonyl (C=O) groups excluding carboxylic acids is 1. The van der Waals surface area contributed by atoms with E-state index in [-0.39, 0.29) is 12.6 Å². The number of para-hydroxylation sites is 1. The Bertz CT molecular complexity index is 744. The maximum atomic E-state index is 12.3. The van der Waals surface area contributed by atoms with E-state index in [4.69, 9.17) is 0 Å². The standard InChI is InChI=1S/C17H20N4O3/c1-17(15(22)23)6-8-20(11-17)16(24)19-10-13-4-2-3-5-14(13)21-9-7-18-12-21/h2-5,7,9,12H,6,8,10-11H2,1H3,(H,19,24)(H,22,23). The lowest BCUT2D eigenvalue weighted by molar-refractivity contribution is -0.147. The predicted octanol–water partition coefficient (Wildman–Crippen LogP) is 1.88. The smallest absolute Gasteiger partial charge is 0.317 e. The number of likely N-dealkylation sites (tertiary alicyclic amines) is 1. The number of hydrogen-bond acceptors (Lipinski definition) is 3. The van der Waals surface area contributed by atoms with Crippen molar-refractivity contribution in [2.24, 2.45) is 5.41 Å². The Labute approximate surface area is 139 Å². The number of urea groups is 1. The molecule has 7 nitrogen and oxygen atoms in total. The van der Waals surface area contributed by atoms with Crippen molar-refractivity contribution in [2.75, 3.05) is 13.1 Å². The van der Waals surface area contributed by atoms with Gasteiger partial charge in [0.05, 0.1) is 17.4 Å². The van der Waals surface area contributed by atoms with E-state index in [2.05, 4.69) is 10.3 Å². The summed E-state index contributed by atoms with van der Waals surface area (Å²) in [5.74, 6) is -0.858. The minimum atomic E-state index is -0.858.